The Morgan fingerprint density at radius 2 is 1.35 bits per heavy atom. The van der Waals surface area contributed by atoms with Gasteiger partial charge in [-0.2, -0.15) is 0 Å². The molecule has 0 saturated heterocycles. The summed E-state index contributed by atoms with van der Waals surface area (Å²) in [5.74, 6) is 0.475. The molecular formula is C16H17ClF3NO2. The van der Waals surface area contributed by atoms with Crippen LogP contribution >= 0.6 is 12.4 Å². The maximum absolute atomic E-state index is 12.1. The van der Waals surface area contributed by atoms with Crippen molar-refractivity contribution in [2.75, 3.05) is 6.61 Å². The van der Waals surface area contributed by atoms with Crippen molar-refractivity contribution >= 4 is 12.4 Å². The first-order chi connectivity index (χ1) is 10.4. The summed E-state index contributed by atoms with van der Waals surface area (Å²) in [6, 6.07) is 12.4. The van der Waals surface area contributed by atoms with Gasteiger partial charge in [0, 0.05) is 0 Å². The van der Waals surface area contributed by atoms with Gasteiger partial charge in [0.25, 0.3) is 0 Å². The molecule has 1 atom stereocenters. The number of hydrogen-bond acceptors (Lipinski definition) is 3. The first kappa shape index (κ1) is 19.1. The summed E-state index contributed by atoms with van der Waals surface area (Å²) in [6.07, 6.45) is -4.70. The van der Waals surface area contributed by atoms with E-state index in [2.05, 4.69) is 4.74 Å². The van der Waals surface area contributed by atoms with Crippen LogP contribution in [0.5, 0.6) is 11.5 Å². The molecule has 2 aromatic rings. The smallest absolute Gasteiger partial charge is 0.494 e. The second-order valence-electron chi connectivity index (χ2n) is 4.60. The quantitative estimate of drug-likeness (QED) is 0.868. The van der Waals surface area contributed by atoms with Gasteiger partial charge < -0.3 is 15.2 Å². The first-order valence-electron chi connectivity index (χ1n) is 6.73. The van der Waals surface area contributed by atoms with Crippen molar-refractivity contribution in [1.29, 1.82) is 0 Å². The molecule has 7 heteroatoms. The van der Waals surface area contributed by atoms with Gasteiger partial charge in [0.2, 0.25) is 0 Å². The third kappa shape index (κ3) is 5.65. The van der Waals surface area contributed by atoms with Gasteiger partial charge in [0.05, 0.1) is 12.6 Å². The van der Waals surface area contributed by atoms with E-state index in [-0.39, 0.29) is 18.2 Å². The average Bonchev–Trinajstić information content (AvgIpc) is 2.47. The fourth-order valence-corrected chi connectivity index (χ4v) is 2.01. The highest BCUT2D eigenvalue weighted by molar-refractivity contribution is 5.85. The number of alkyl halides is 3. The van der Waals surface area contributed by atoms with Crippen LogP contribution in [0.2, 0.25) is 0 Å². The van der Waals surface area contributed by atoms with Crippen LogP contribution in [-0.4, -0.2) is 13.0 Å². The zero-order valence-electron chi connectivity index (χ0n) is 12.3. The van der Waals surface area contributed by atoms with Crippen molar-refractivity contribution in [3.63, 3.8) is 0 Å². The second kappa shape index (κ2) is 8.08. The largest absolute Gasteiger partial charge is 0.573 e. The van der Waals surface area contributed by atoms with Gasteiger partial charge in [-0.3, -0.25) is 0 Å². The number of halogens is 4. The first-order valence-corrected chi connectivity index (χ1v) is 6.73. The highest BCUT2D eigenvalue weighted by Crippen LogP contribution is 2.26. The lowest BCUT2D eigenvalue weighted by Gasteiger charge is -2.14. The minimum absolute atomic E-state index is 0. The van der Waals surface area contributed by atoms with E-state index in [1.54, 1.807) is 12.1 Å². The summed E-state index contributed by atoms with van der Waals surface area (Å²) in [5, 5.41) is 0. The zero-order chi connectivity index (χ0) is 16.2. The summed E-state index contributed by atoms with van der Waals surface area (Å²) >= 11 is 0. The third-order valence-corrected chi connectivity index (χ3v) is 3.02. The molecule has 0 unspecified atom stereocenters. The lowest BCUT2D eigenvalue weighted by atomic mass is 9.99. The van der Waals surface area contributed by atoms with E-state index in [1.165, 1.54) is 24.3 Å². The number of benzene rings is 2. The van der Waals surface area contributed by atoms with E-state index in [0.717, 1.165) is 11.3 Å². The molecule has 0 radical (unpaired) electrons. The minimum atomic E-state index is -4.70. The lowest BCUT2D eigenvalue weighted by molar-refractivity contribution is -0.274. The van der Waals surface area contributed by atoms with Gasteiger partial charge in [0.1, 0.15) is 11.5 Å². The molecule has 23 heavy (non-hydrogen) atoms. The molecule has 0 aliphatic heterocycles. The molecule has 0 aromatic heterocycles. The fourth-order valence-electron chi connectivity index (χ4n) is 2.01. The topological polar surface area (TPSA) is 44.5 Å². The van der Waals surface area contributed by atoms with Gasteiger partial charge >= 0.3 is 6.36 Å². The maximum Gasteiger partial charge on any atom is 0.573 e. The van der Waals surface area contributed by atoms with Crippen LogP contribution in [0.15, 0.2) is 48.5 Å². The molecule has 0 heterocycles. The van der Waals surface area contributed by atoms with E-state index in [0.29, 0.717) is 12.2 Å². The molecule has 2 aromatic carbocycles. The van der Waals surface area contributed by atoms with Gasteiger partial charge in [-0.15, -0.1) is 25.6 Å². The summed E-state index contributed by atoms with van der Waals surface area (Å²) < 4.78 is 45.5. The SMILES string of the molecule is CCOc1ccc([C@H](N)c2ccc(OC(F)(F)F)cc2)cc1.Cl. The van der Waals surface area contributed by atoms with Crippen LogP contribution < -0.4 is 15.2 Å². The Morgan fingerprint density at radius 1 is 0.913 bits per heavy atom. The molecule has 0 fully saturated rings. The van der Waals surface area contributed by atoms with Crippen molar-refractivity contribution in [3.8, 4) is 11.5 Å². The number of nitrogens with two attached hydrogens (primary N) is 1. The van der Waals surface area contributed by atoms with Gasteiger partial charge in [-0.1, -0.05) is 24.3 Å². The van der Waals surface area contributed by atoms with Crippen LogP contribution in [0.3, 0.4) is 0 Å². The Hall–Kier alpha value is -1.92. The summed E-state index contributed by atoms with van der Waals surface area (Å²) in [4.78, 5) is 0. The molecule has 2 N–H and O–H groups in total. The Bertz CT molecular complexity index is 600. The van der Waals surface area contributed by atoms with Crippen molar-refractivity contribution in [3.05, 3.63) is 59.7 Å². The molecule has 0 bridgehead atoms. The van der Waals surface area contributed by atoms with E-state index in [9.17, 15) is 13.2 Å². The third-order valence-electron chi connectivity index (χ3n) is 3.02. The molecule has 0 aliphatic carbocycles. The van der Waals surface area contributed by atoms with Crippen LogP contribution in [0, 0.1) is 0 Å². The van der Waals surface area contributed by atoms with Crippen molar-refractivity contribution in [1.82, 2.24) is 0 Å². The molecular weight excluding hydrogens is 331 g/mol. The molecule has 0 aliphatic rings. The molecule has 0 amide bonds. The highest BCUT2D eigenvalue weighted by atomic mass is 35.5. The predicted octanol–water partition coefficient (Wildman–Crippen LogP) is 4.45. The van der Waals surface area contributed by atoms with Crippen molar-refractivity contribution in [2.24, 2.45) is 5.73 Å². The summed E-state index contributed by atoms with van der Waals surface area (Å²) in [5.41, 5.74) is 7.65. The molecule has 126 valence electrons. The van der Waals surface area contributed by atoms with Crippen LogP contribution in [-0.2, 0) is 0 Å². The molecule has 0 spiro atoms. The Balaban J connectivity index is 0.00000264. The summed E-state index contributed by atoms with van der Waals surface area (Å²) in [7, 11) is 0. The van der Waals surface area contributed by atoms with E-state index >= 15 is 0 Å². The maximum atomic E-state index is 12.1. The van der Waals surface area contributed by atoms with Gasteiger partial charge in [0.15, 0.2) is 0 Å². The number of rotatable bonds is 5. The Labute approximate surface area is 138 Å². The van der Waals surface area contributed by atoms with Crippen LogP contribution in [0.1, 0.15) is 24.1 Å². The van der Waals surface area contributed by atoms with Gasteiger partial charge in [-0.05, 0) is 42.3 Å². The summed E-state index contributed by atoms with van der Waals surface area (Å²) in [6.45, 7) is 2.47. The lowest BCUT2D eigenvalue weighted by Crippen LogP contribution is -2.17. The van der Waals surface area contributed by atoms with E-state index < -0.39 is 12.4 Å². The standard InChI is InChI=1S/C16H16F3NO2.ClH/c1-2-21-13-7-3-11(4-8-13)15(20)12-5-9-14(10-6-12)22-16(17,18)19;/h3-10,15H,2,20H2,1H3;1H/t15-;/m0./s1. The zero-order valence-corrected chi connectivity index (χ0v) is 13.2. The molecule has 3 nitrogen and oxygen atoms in total. The van der Waals surface area contributed by atoms with Gasteiger partial charge in [-0.25, -0.2) is 0 Å². The predicted molar refractivity (Wildman–Crippen MR) is 84.0 cm³/mol. The Kier molecular flexibility index (Phi) is 6.72. The van der Waals surface area contributed by atoms with Crippen LogP contribution in [0.25, 0.3) is 0 Å². The monoisotopic (exact) mass is 347 g/mol. The van der Waals surface area contributed by atoms with Crippen molar-refractivity contribution in [2.45, 2.75) is 19.3 Å². The van der Waals surface area contributed by atoms with Crippen LogP contribution in [0.4, 0.5) is 13.2 Å². The molecule has 0 saturated carbocycles. The minimum Gasteiger partial charge on any atom is -0.494 e. The molecule has 2 rings (SSSR count). The fraction of sp³-hybridized carbons (Fsp3) is 0.250. The van der Waals surface area contributed by atoms with E-state index in [1.807, 2.05) is 19.1 Å². The van der Waals surface area contributed by atoms with E-state index in [4.69, 9.17) is 10.5 Å². The highest BCUT2D eigenvalue weighted by Gasteiger charge is 2.31. The second-order valence-corrected chi connectivity index (χ2v) is 4.60. The average molecular weight is 348 g/mol. The Morgan fingerprint density at radius 3 is 1.74 bits per heavy atom. The number of hydrogen-bond donors (Lipinski definition) is 1. The van der Waals surface area contributed by atoms with Crippen molar-refractivity contribution < 1.29 is 22.6 Å². The number of ether oxygens (including phenoxy) is 2. The normalized spacial score (nSPS) is 12.2.